The lowest BCUT2D eigenvalue weighted by Gasteiger charge is -2.47. The summed E-state index contributed by atoms with van der Waals surface area (Å²) in [5.74, 6) is 2.34. The molecule has 2 heterocycles. The third-order valence-electron chi connectivity index (χ3n) is 4.92. The summed E-state index contributed by atoms with van der Waals surface area (Å²) in [6.07, 6.45) is 5.79. The Morgan fingerprint density at radius 2 is 1.92 bits per heavy atom. The first-order valence-electron chi connectivity index (χ1n) is 8.70. The first-order chi connectivity index (χ1) is 11.8. The molecular formula is C19H26N2O2S. The van der Waals surface area contributed by atoms with Gasteiger partial charge in [-0.25, -0.2) is 0 Å². The van der Waals surface area contributed by atoms with E-state index in [0.29, 0.717) is 0 Å². The van der Waals surface area contributed by atoms with E-state index < -0.39 is 0 Å². The van der Waals surface area contributed by atoms with Gasteiger partial charge in [-0.1, -0.05) is 30.3 Å². The largest absolute Gasteiger partial charge is 0.379 e. The van der Waals surface area contributed by atoms with Gasteiger partial charge < -0.3 is 10.1 Å². The molecule has 3 rings (SSSR count). The number of nitrogens with one attached hydrogen (secondary N) is 1. The number of hydrogen-bond acceptors (Lipinski definition) is 4. The van der Waals surface area contributed by atoms with E-state index in [2.05, 4.69) is 10.2 Å². The zero-order valence-electron chi connectivity index (χ0n) is 14.1. The average molecular weight is 346 g/mol. The maximum Gasteiger partial charge on any atom is 0.244 e. The normalized spacial score (nSPS) is 21.7. The van der Waals surface area contributed by atoms with Crippen LogP contribution in [0, 0.1) is 0 Å². The number of rotatable bonds is 5. The predicted octanol–water partition coefficient (Wildman–Crippen LogP) is 2.41. The van der Waals surface area contributed by atoms with E-state index in [1.807, 2.05) is 48.2 Å². The first kappa shape index (κ1) is 17.5. The van der Waals surface area contributed by atoms with Gasteiger partial charge in [-0.3, -0.25) is 9.69 Å². The number of thioether (sulfide) groups is 1. The number of ether oxygens (including phenoxy) is 1. The van der Waals surface area contributed by atoms with Crippen molar-refractivity contribution in [2.45, 2.75) is 18.4 Å². The molecule has 1 N–H and O–H groups in total. The Balaban J connectivity index is 1.58. The molecule has 0 aromatic heterocycles. The number of amides is 1. The Hall–Kier alpha value is -1.30. The van der Waals surface area contributed by atoms with Gasteiger partial charge in [0.15, 0.2) is 0 Å². The minimum absolute atomic E-state index is 0.00952. The summed E-state index contributed by atoms with van der Waals surface area (Å²) in [6.45, 7) is 4.28. The topological polar surface area (TPSA) is 41.6 Å². The molecule has 0 spiro atoms. The predicted molar refractivity (Wildman–Crippen MR) is 100 cm³/mol. The maximum atomic E-state index is 12.2. The summed E-state index contributed by atoms with van der Waals surface area (Å²) in [4.78, 5) is 14.8. The van der Waals surface area contributed by atoms with Crippen LogP contribution in [0.5, 0.6) is 0 Å². The van der Waals surface area contributed by atoms with Gasteiger partial charge in [0, 0.05) is 31.2 Å². The van der Waals surface area contributed by atoms with Crippen LogP contribution in [0.1, 0.15) is 18.4 Å². The Morgan fingerprint density at radius 3 is 2.62 bits per heavy atom. The van der Waals surface area contributed by atoms with Gasteiger partial charge in [0.05, 0.1) is 13.2 Å². The Morgan fingerprint density at radius 1 is 1.21 bits per heavy atom. The molecule has 1 aromatic carbocycles. The van der Waals surface area contributed by atoms with Crippen LogP contribution >= 0.6 is 11.8 Å². The summed E-state index contributed by atoms with van der Waals surface area (Å²) in [5.41, 5.74) is 1.15. The van der Waals surface area contributed by atoms with E-state index in [9.17, 15) is 4.79 Å². The molecule has 4 nitrogen and oxygen atoms in total. The third kappa shape index (κ3) is 4.62. The van der Waals surface area contributed by atoms with Crippen molar-refractivity contribution >= 4 is 23.7 Å². The van der Waals surface area contributed by atoms with Crippen LogP contribution in [0.2, 0.25) is 0 Å². The highest BCUT2D eigenvalue weighted by molar-refractivity contribution is 7.99. The molecule has 0 bridgehead atoms. The second kappa shape index (κ2) is 8.70. The molecule has 0 radical (unpaired) electrons. The average Bonchev–Trinajstić information content (AvgIpc) is 2.67. The standard InChI is InChI=1S/C19H26N2O2S/c22-18(7-6-17-4-2-1-3-5-17)20-16-19(8-14-24-15-9-19)21-10-12-23-13-11-21/h1-7H,8-16H2,(H,20,22). The van der Waals surface area contributed by atoms with Gasteiger partial charge in [0.25, 0.3) is 0 Å². The second-order valence-electron chi connectivity index (χ2n) is 6.40. The van der Waals surface area contributed by atoms with Crippen molar-refractivity contribution in [3.63, 3.8) is 0 Å². The third-order valence-corrected chi connectivity index (χ3v) is 5.91. The monoisotopic (exact) mass is 346 g/mol. The number of carbonyl (C=O) groups is 1. The summed E-state index contributed by atoms with van der Waals surface area (Å²) in [5, 5.41) is 3.14. The number of hydrogen-bond donors (Lipinski definition) is 1. The fraction of sp³-hybridized carbons (Fsp3) is 0.526. The van der Waals surface area contributed by atoms with Gasteiger partial charge in [0.2, 0.25) is 5.91 Å². The highest BCUT2D eigenvalue weighted by Gasteiger charge is 2.38. The van der Waals surface area contributed by atoms with Gasteiger partial charge >= 0.3 is 0 Å². The quantitative estimate of drug-likeness (QED) is 0.832. The van der Waals surface area contributed by atoms with Crippen molar-refractivity contribution in [3.05, 3.63) is 42.0 Å². The molecule has 0 saturated carbocycles. The smallest absolute Gasteiger partial charge is 0.244 e. The zero-order valence-corrected chi connectivity index (χ0v) is 14.9. The highest BCUT2D eigenvalue weighted by Crippen LogP contribution is 2.32. The SMILES string of the molecule is O=C(C=Cc1ccccc1)NCC1(N2CCOCC2)CCSCC1. The van der Waals surface area contributed by atoms with Gasteiger partial charge in [-0.15, -0.1) is 0 Å². The number of nitrogens with zero attached hydrogens (tertiary/aromatic N) is 1. The van der Waals surface area contributed by atoms with Crippen LogP contribution in [-0.2, 0) is 9.53 Å². The Kier molecular flexibility index (Phi) is 6.35. The molecular weight excluding hydrogens is 320 g/mol. The molecule has 2 saturated heterocycles. The van der Waals surface area contributed by atoms with E-state index in [1.165, 1.54) is 11.5 Å². The van der Waals surface area contributed by atoms with Crippen molar-refractivity contribution in [3.8, 4) is 0 Å². The second-order valence-corrected chi connectivity index (χ2v) is 7.62. The van der Waals surface area contributed by atoms with E-state index in [-0.39, 0.29) is 11.4 Å². The fourth-order valence-electron chi connectivity index (χ4n) is 3.44. The summed E-state index contributed by atoms with van der Waals surface area (Å²) < 4.78 is 5.50. The molecule has 2 aliphatic heterocycles. The lowest BCUT2D eigenvalue weighted by molar-refractivity contribution is -0.117. The molecule has 130 valence electrons. The lowest BCUT2D eigenvalue weighted by Crippen LogP contribution is -2.60. The Labute approximate surface area is 148 Å². The van der Waals surface area contributed by atoms with Crippen LogP contribution in [0.3, 0.4) is 0 Å². The molecule has 1 aromatic rings. The molecule has 1 amide bonds. The molecule has 2 aliphatic rings. The molecule has 0 aliphatic carbocycles. The molecule has 24 heavy (non-hydrogen) atoms. The van der Waals surface area contributed by atoms with Crippen LogP contribution in [0.4, 0.5) is 0 Å². The van der Waals surface area contributed by atoms with Crippen LogP contribution in [-0.4, -0.2) is 60.7 Å². The van der Waals surface area contributed by atoms with Crippen molar-refractivity contribution < 1.29 is 9.53 Å². The van der Waals surface area contributed by atoms with Crippen LogP contribution in [0.25, 0.3) is 6.08 Å². The summed E-state index contributed by atoms with van der Waals surface area (Å²) in [6, 6.07) is 9.93. The number of carbonyl (C=O) groups excluding carboxylic acids is 1. The minimum Gasteiger partial charge on any atom is -0.379 e. The highest BCUT2D eigenvalue weighted by atomic mass is 32.2. The van der Waals surface area contributed by atoms with E-state index in [4.69, 9.17) is 4.74 Å². The van der Waals surface area contributed by atoms with E-state index in [0.717, 1.165) is 51.3 Å². The van der Waals surface area contributed by atoms with Crippen molar-refractivity contribution in [1.82, 2.24) is 10.2 Å². The molecule has 0 atom stereocenters. The van der Waals surface area contributed by atoms with Crippen molar-refractivity contribution in [1.29, 1.82) is 0 Å². The summed E-state index contributed by atoms with van der Waals surface area (Å²) >= 11 is 2.02. The van der Waals surface area contributed by atoms with E-state index >= 15 is 0 Å². The van der Waals surface area contributed by atoms with E-state index in [1.54, 1.807) is 6.08 Å². The number of morpholine rings is 1. The van der Waals surface area contributed by atoms with Crippen LogP contribution in [0.15, 0.2) is 36.4 Å². The minimum atomic E-state index is -0.00952. The summed E-state index contributed by atoms with van der Waals surface area (Å²) in [7, 11) is 0. The van der Waals surface area contributed by atoms with Crippen LogP contribution < -0.4 is 5.32 Å². The van der Waals surface area contributed by atoms with Crippen molar-refractivity contribution in [2.75, 3.05) is 44.4 Å². The van der Waals surface area contributed by atoms with Gasteiger partial charge in [-0.2, -0.15) is 11.8 Å². The molecule has 2 fully saturated rings. The first-order valence-corrected chi connectivity index (χ1v) is 9.86. The lowest BCUT2D eigenvalue weighted by atomic mass is 9.89. The maximum absolute atomic E-state index is 12.2. The molecule has 0 unspecified atom stereocenters. The Bertz CT molecular complexity index is 550. The van der Waals surface area contributed by atoms with Gasteiger partial charge in [-0.05, 0) is 36.0 Å². The zero-order chi connectivity index (χ0) is 16.7. The van der Waals surface area contributed by atoms with Crippen molar-refractivity contribution in [2.24, 2.45) is 0 Å². The van der Waals surface area contributed by atoms with Gasteiger partial charge in [0.1, 0.15) is 0 Å². The fourth-order valence-corrected chi connectivity index (χ4v) is 4.69. The molecule has 5 heteroatoms. The number of benzene rings is 1.